The van der Waals surface area contributed by atoms with Gasteiger partial charge in [0.1, 0.15) is 0 Å². The average molecular weight is 248 g/mol. The molecule has 0 bridgehead atoms. The monoisotopic (exact) mass is 248 g/mol. The number of carbonyl (C=O) groups is 1. The molecule has 15 heavy (non-hydrogen) atoms. The van der Waals surface area contributed by atoms with E-state index in [2.05, 4.69) is 6.26 Å². The normalized spacial score (nSPS) is 14.4. The van der Waals surface area contributed by atoms with Crippen molar-refractivity contribution < 1.29 is 4.79 Å². The van der Waals surface area contributed by atoms with Gasteiger partial charge in [-0.05, 0) is 32.3 Å². The highest BCUT2D eigenvalue weighted by atomic mass is 32.2. The quantitative estimate of drug-likeness (QED) is 0.724. The highest BCUT2D eigenvalue weighted by molar-refractivity contribution is 7.98. The number of thioether (sulfide) groups is 1. The summed E-state index contributed by atoms with van der Waals surface area (Å²) in [6, 6.07) is 0.238. The van der Waals surface area contributed by atoms with Gasteiger partial charge < -0.3 is 10.6 Å². The van der Waals surface area contributed by atoms with E-state index in [1.165, 1.54) is 0 Å². The molecule has 3 nitrogen and oxygen atoms in total. The van der Waals surface area contributed by atoms with Crippen LogP contribution in [-0.4, -0.2) is 40.9 Å². The Balaban J connectivity index is 4.24. The number of thiocarbonyl (C=S) groups is 1. The van der Waals surface area contributed by atoms with Gasteiger partial charge in [-0.1, -0.05) is 12.2 Å². The van der Waals surface area contributed by atoms with Crippen LogP contribution in [0.2, 0.25) is 0 Å². The molecular weight excluding hydrogens is 228 g/mol. The van der Waals surface area contributed by atoms with Crippen LogP contribution in [0.4, 0.5) is 0 Å². The minimum Gasteiger partial charge on any atom is -0.393 e. The fourth-order valence-electron chi connectivity index (χ4n) is 1.13. The molecule has 88 valence electrons. The van der Waals surface area contributed by atoms with Gasteiger partial charge >= 0.3 is 0 Å². The Bertz CT molecular complexity index is 233. The molecule has 0 aliphatic rings. The van der Waals surface area contributed by atoms with E-state index < -0.39 is 0 Å². The van der Waals surface area contributed by atoms with Crippen molar-refractivity contribution in [2.24, 2.45) is 11.7 Å². The first-order valence-electron chi connectivity index (χ1n) is 4.96. The summed E-state index contributed by atoms with van der Waals surface area (Å²) in [5.41, 5.74) is 5.45. The molecule has 5 heteroatoms. The van der Waals surface area contributed by atoms with E-state index in [0.717, 1.165) is 12.2 Å². The summed E-state index contributed by atoms with van der Waals surface area (Å²) in [5, 5.41) is 0. The van der Waals surface area contributed by atoms with Crippen molar-refractivity contribution in [3.63, 3.8) is 0 Å². The van der Waals surface area contributed by atoms with Crippen molar-refractivity contribution in [1.82, 2.24) is 4.90 Å². The van der Waals surface area contributed by atoms with E-state index in [1.807, 2.05) is 14.0 Å². The Morgan fingerprint density at radius 1 is 1.53 bits per heavy atom. The number of carbonyl (C=O) groups excluding carboxylic acids is 1. The second-order valence-corrected chi connectivity index (χ2v) is 5.16. The molecule has 0 aliphatic heterocycles. The summed E-state index contributed by atoms with van der Waals surface area (Å²) in [6.07, 6.45) is 3.06. The molecule has 0 rings (SSSR count). The van der Waals surface area contributed by atoms with Crippen molar-refractivity contribution in [3.8, 4) is 0 Å². The van der Waals surface area contributed by atoms with E-state index in [0.29, 0.717) is 0 Å². The third-order valence-corrected chi connectivity index (χ3v) is 3.54. The van der Waals surface area contributed by atoms with Gasteiger partial charge in [0.05, 0.1) is 10.9 Å². The van der Waals surface area contributed by atoms with Crippen molar-refractivity contribution >= 4 is 34.9 Å². The summed E-state index contributed by atoms with van der Waals surface area (Å²) < 4.78 is 0. The van der Waals surface area contributed by atoms with Crippen LogP contribution in [0.15, 0.2) is 0 Å². The zero-order valence-corrected chi connectivity index (χ0v) is 11.5. The van der Waals surface area contributed by atoms with E-state index >= 15 is 0 Å². The number of amides is 1. The Morgan fingerprint density at radius 2 is 2.07 bits per heavy atom. The lowest BCUT2D eigenvalue weighted by Crippen LogP contribution is -2.42. The second kappa shape index (κ2) is 7.06. The molecule has 2 unspecified atom stereocenters. The van der Waals surface area contributed by atoms with E-state index in [4.69, 9.17) is 18.0 Å². The van der Waals surface area contributed by atoms with Crippen LogP contribution in [0, 0.1) is 5.92 Å². The van der Waals surface area contributed by atoms with Gasteiger partial charge in [0, 0.05) is 13.1 Å². The lowest BCUT2D eigenvalue weighted by Gasteiger charge is -2.27. The van der Waals surface area contributed by atoms with Gasteiger partial charge in [0.25, 0.3) is 0 Å². The molecule has 0 radical (unpaired) electrons. The zero-order valence-electron chi connectivity index (χ0n) is 9.82. The second-order valence-electron chi connectivity index (χ2n) is 3.70. The molecular formula is C10H20N2OS2. The lowest BCUT2D eigenvalue weighted by atomic mass is 10.1. The fourth-order valence-corrected chi connectivity index (χ4v) is 1.80. The third kappa shape index (κ3) is 4.84. The fraction of sp³-hybridized carbons (Fsp3) is 0.800. The van der Waals surface area contributed by atoms with Gasteiger partial charge in [-0.2, -0.15) is 11.8 Å². The summed E-state index contributed by atoms with van der Waals surface area (Å²) in [7, 11) is 1.81. The van der Waals surface area contributed by atoms with Crippen LogP contribution in [0.1, 0.15) is 20.3 Å². The van der Waals surface area contributed by atoms with Crippen LogP contribution >= 0.6 is 24.0 Å². The maximum atomic E-state index is 11.8. The topological polar surface area (TPSA) is 46.3 Å². The minimum absolute atomic E-state index is 0.0103. The number of rotatable bonds is 6. The molecule has 0 heterocycles. The van der Waals surface area contributed by atoms with Crippen molar-refractivity contribution in [3.05, 3.63) is 0 Å². The van der Waals surface area contributed by atoms with Crippen molar-refractivity contribution in [1.29, 1.82) is 0 Å². The van der Waals surface area contributed by atoms with Crippen LogP contribution < -0.4 is 5.73 Å². The van der Waals surface area contributed by atoms with E-state index in [9.17, 15) is 4.79 Å². The minimum atomic E-state index is -0.360. The highest BCUT2D eigenvalue weighted by Gasteiger charge is 2.22. The van der Waals surface area contributed by atoms with Crippen LogP contribution in [0.5, 0.6) is 0 Å². The summed E-state index contributed by atoms with van der Waals surface area (Å²) >= 11 is 6.60. The van der Waals surface area contributed by atoms with Gasteiger partial charge in [-0.15, -0.1) is 0 Å². The van der Waals surface area contributed by atoms with Crippen molar-refractivity contribution in [2.75, 3.05) is 19.1 Å². The molecule has 0 fully saturated rings. The van der Waals surface area contributed by atoms with Gasteiger partial charge in [0.2, 0.25) is 5.91 Å². The summed E-state index contributed by atoms with van der Waals surface area (Å²) in [4.78, 5) is 13.8. The molecule has 0 spiro atoms. The molecule has 1 amide bonds. The van der Waals surface area contributed by atoms with Crippen LogP contribution in [-0.2, 0) is 4.79 Å². The maximum absolute atomic E-state index is 11.8. The third-order valence-electron chi connectivity index (χ3n) is 2.55. The van der Waals surface area contributed by atoms with E-state index in [-0.39, 0.29) is 22.9 Å². The van der Waals surface area contributed by atoms with Gasteiger partial charge in [0.15, 0.2) is 0 Å². The zero-order chi connectivity index (χ0) is 12.0. The van der Waals surface area contributed by atoms with Crippen LogP contribution in [0.3, 0.4) is 0 Å². The largest absolute Gasteiger partial charge is 0.393 e. The average Bonchev–Trinajstić information content (AvgIpc) is 2.22. The number of hydrogen-bond acceptors (Lipinski definition) is 3. The predicted octanol–water partition coefficient (Wildman–Crippen LogP) is 1.51. The predicted molar refractivity (Wildman–Crippen MR) is 71.2 cm³/mol. The Hall–Kier alpha value is -0.290. The highest BCUT2D eigenvalue weighted by Crippen LogP contribution is 2.10. The first-order chi connectivity index (χ1) is 6.91. The lowest BCUT2D eigenvalue weighted by molar-refractivity contribution is -0.133. The molecule has 0 saturated carbocycles. The molecule has 0 aromatic heterocycles. The Kier molecular flexibility index (Phi) is 6.92. The van der Waals surface area contributed by atoms with Crippen molar-refractivity contribution in [2.45, 2.75) is 26.3 Å². The Morgan fingerprint density at radius 3 is 2.47 bits per heavy atom. The molecule has 0 aromatic carbocycles. The van der Waals surface area contributed by atoms with E-state index in [1.54, 1.807) is 23.6 Å². The number of nitrogens with zero attached hydrogens (tertiary/aromatic N) is 1. The summed E-state index contributed by atoms with van der Waals surface area (Å²) in [6.45, 7) is 3.79. The standard InChI is InChI=1S/C10H20N2OS2/c1-7(5-6-15-4)12(3)10(13)8(2)9(11)14/h7-8H,5-6H2,1-4H3,(H2,11,14). The first kappa shape index (κ1) is 14.7. The van der Waals surface area contributed by atoms with Gasteiger partial charge in [-0.3, -0.25) is 4.79 Å². The number of hydrogen-bond donors (Lipinski definition) is 1. The van der Waals surface area contributed by atoms with Crippen LogP contribution in [0.25, 0.3) is 0 Å². The summed E-state index contributed by atoms with van der Waals surface area (Å²) in [5.74, 6) is 0.707. The first-order valence-corrected chi connectivity index (χ1v) is 6.77. The maximum Gasteiger partial charge on any atom is 0.232 e. The Labute approximate surface area is 102 Å². The van der Waals surface area contributed by atoms with Gasteiger partial charge in [-0.25, -0.2) is 0 Å². The molecule has 0 aromatic rings. The SMILES string of the molecule is CSCCC(C)N(C)C(=O)C(C)C(N)=S. The molecule has 0 aliphatic carbocycles. The molecule has 0 saturated heterocycles. The number of nitrogens with two attached hydrogens (primary N) is 1. The molecule has 2 N–H and O–H groups in total. The molecule has 2 atom stereocenters. The smallest absolute Gasteiger partial charge is 0.232 e.